The average Bonchev–Trinajstić information content (AvgIpc) is 3.32. The predicted molar refractivity (Wildman–Crippen MR) is 89.6 cm³/mol. The van der Waals surface area contributed by atoms with Crippen LogP contribution in [0.25, 0.3) is 10.2 Å². The highest BCUT2D eigenvalue weighted by atomic mass is 32.1. The predicted octanol–water partition coefficient (Wildman–Crippen LogP) is 1.50. The Bertz CT molecular complexity index is 719. The second-order valence-corrected chi connectivity index (χ2v) is 7.20. The number of hydrogen-bond donors (Lipinski definition) is 1. The lowest BCUT2D eigenvalue weighted by atomic mass is 10.1. The molecule has 0 bridgehead atoms. The number of fused-ring (bicyclic) bond motifs is 1. The maximum atomic E-state index is 12.9. The van der Waals surface area contributed by atoms with Gasteiger partial charge in [0.2, 0.25) is 5.91 Å². The summed E-state index contributed by atoms with van der Waals surface area (Å²) in [6.07, 6.45) is 4.36. The number of aromatic nitrogens is 2. The molecule has 2 aliphatic heterocycles. The minimum atomic E-state index is -0.134. The van der Waals surface area contributed by atoms with Crippen molar-refractivity contribution in [3.8, 4) is 0 Å². The van der Waals surface area contributed by atoms with Crippen molar-refractivity contribution in [2.75, 3.05) is 31.1 Å². The molecule has 4 rings (SSSR count). The maximum Gasteiger partial charge on any atom is 0.245 e. The number of anilines is 1. The van der Waals surface area contributed by atoms with E-state index in [4.69, 9.17) is 0 Å². The zero-order valence-electron chi connectivity index (χ0n) is 12.9. The number of nitrogens with zero attached hydrogens (tertiary/aromatic N) is 4. The molecular formula is C16H20N4O2S. The summed E-state index contributed by atoms with van der Waals surface area (Å²) in [4.78, 5) is 26.7. The van der Waals surface area contributed by atoms with Gasteiger partial charge in [0.1, 0.15) is 23.0 Å². The summed E-state index contributed by atoms with van der Waals surface area (Å²) in [6.45, 7) is 2.46. The van der Waals surface area contributed by atoms with Crippen LogP contribution in [0.5, 0.6) is 0 Å². The number of aliphatic hydroxyl groups is 1. The number of aliphatic hydroxyl groups excluding tert-OH is 1. The van der Waals surface area contributed by atoms with Crippen LogP contribution in [0.4, 0.5) is 5.82 Å². The first-order valence-electron chi connectivity index (χ1n) is 8.12. The number of likely N-dealkylation sites (tertiary alicyclic amines) is 1. The van der Waals surface area contributed by atoms with Gasteiger partial charge in [-0.1, -0.05) is 0 Å². The number of hydrogen-bond acceptors (Lipinski definition) is 6. The normalized spacial score (nSPS) is 24.7. The maximum absolute atomic E-state index is 12.9. The Morgan fingerprint density at radius 2 is 2.26 bits per heavy atom. The van der Waals surface area contributed by atoms with Crippen molar-refractivity contribution in [3.05, 3.63) is 17.8 Å². The van der Waals surface area contributed by atoms with E-state index < -0.39 is 0 Å². The fourth-order valence-electron chi connectivity index (χ4n) is 3.68. The molecule has 7 heteroatoms. The molecule has 1 amide bonds. The van der Waals surface area contributed by atoms with Crippen LogP contribution < -0.4 is 4.90 Å². The fourth-order valence-corrected chi connectivity index (χ4v) is 4.40. The molecule has 23 heavy (non-hydrogen) atoms. The number of amides is 1. The van der Waals surface area contributed by atoms with Gasteiger partial charge in [0.15, 0.2) is 0 Å². The molecule has 0 saturated carbocycles. The summed E-state index contributed by atoms with van der Waals surface area (Å²) >= 11 is 1.60. The van der Waals surface area contributed by atoms with E-state index in [2.05, 4.69) is 14.9 Å². The summed E-state index contributed by atoms with van der Waals surface area (Å²) in [5.41, 5.74) is 0. The van der Waals surface area contributed by atoms with E-state index in [1.165, 1.54) is 0 Å². The number of carbonyl (C=O) groups is 1. The van der Waals surface area contributed by atoms with E-state index in [0.29, 0.717) is 6.54 Å². The van der Waals surface area contributed by atoms with Crippen molar-refractivity contribution in [2.24, 2.45) is 5.92 Å². The lowest BCUT2D eigenvalue weighted by molar-refractivity contribution is -0.131. The zero-order chi connectivity index (χ0) is 15.8. The quantitative estimate of drug-likeness (QED) is 0.922. The van der Waals surface area contributed by atoms with Crippen molar-refractivity contribution < 1.29 is 9.90 Å². The standard InChI is InChI=1S/C16H20N4O2S/c21-9-11-3-6-19(8-11)16(22)13-2-1-5-20(13)14-12-4-7-23-15(12)18-10-17-14/h4,7,10-11,13,21H,1-3,5-6,8-9H2. The first-order chi connectivity index (χ1) is 11.3. The van der Waals surface area contributed by atoms with Gasteiger partial charge in [-0.15, -0.1) is 11.3 Å². The van der Waals surface area contributed by atoms with Crippen LogP contribution in [0, 0.1) is 5.92 Å². The monoisotopic (exact) mass is 332 g/mol. The summed E-state index contributed by atoms with van der Waals surface area (Å²) in [5, 5.41) is 12.3. The van der Waals surface area contributed by atoms with Crippen molar-refractivity contribution >= 4 is 33.3 Å². The third kappa shape index (κ3) is 2.57. The van der Waals surface area contributed by atoms with E-state index in [-0.39, 0.29) is 24.5 Å². The lowest BCUT2D eigenvalue weighted by Crippen LogP contribution is -2.45. The lowest BCUT2D eigenvalue weighted by Gasteiger charge is -2.29. The average molecular weight is 332 g/mol. The van der Waals surface area contributed by atoms with Gasteiger partial charge in [-0.25, -0.2) is 9.97 Å². The molecule has 6 nitrogen and oxygen atoms in total. The molecule has 2 aliphatic rings. The Morgan fingerprint density at radius 3 is 3.09 bits per heavy atom. The van der Waals surface area contributed by atoms with Gasteiger partial charge in [0.05, 0.1) is 5.39 Å². The second kappa shape index (κ2) is 6.05. The van der Waals surface area contributed by atoms with Gasteiger partial charge in [-0.2, -0.15) is 0 Å². The minimum Gasteiger partial charge on any atom is -0.396 e. The molecule has 2 fully saturated rings. The zero-order valence-corrected chi connectivity index (χ0v) is 13.7. The SMILES string of the molecule is O=C(C1CCCN1c1ncnc2sccc12)N1CCC(CO)C1. The summed E-state index contributed by atoms with van der Waals surface area (Å²) in [6, 6.07) is 1.90. The van der Waals surface area contributed by atoms with Gasteiger partial charge in [-0.3, -0.25) is 4.79 Å². The van der Waals surface area contributed by atoms with E-state index >= 15 is 0 Å². The van der Waals surface area contributed by atoms with Crippen LogP contribution in [0.1, 0.15) is 19.3 Å². The third-order valence-corrected chi connectivity index (χ3v) is 5.73. The van der Waals surface area contributed by atoms with Crippen LogP contribution in [-0.4, -0.2) is 58.2 Å². The number of thiophene rings is 1. The van der Waals surface area contributed by atoms with Crippen molar-refractivity contribution in [3.63, 3.8) is 0 Å². The molecular weight excluding hydrogens is 312 g/mol. The van der Waals surface area contributed by atoms with Crippen molar-refractivity contribution in [1.29, 1.82) is 0 Å². The van der Waals surface area contributed by atoms with Gasteiger partial charge in [0.25, 0.3) is 0 Å². The smallest absolute Gasteiger partial charge is 0.245 e. The van der Waals surface area contributed by atoms with Gasteiger partial charge >= 0.3 is 0 Å². The Balaban J connectivity index is 1.59. The molecule has 0 spiro atoms. The number of rotatable bonds is 3. The third-order valence-electron chi connectivity index (χ3n) is 4.91. The Morgan fingerprint density at radius 1 is 1.35 bits per heavy atom. The first kappa shape index (κ1) is 14.8. The van der Waals surface area contributed by atoms with E-state index in [9.17, 15) is 9.90 Å². The largest absolute Gasteiger partial charge is 0.396 e. The van der Waals surface area contributed by atoms with E-state index in [0.717, 1.165) is 48.4 Å². The Labute approximate surface area is 138 Å². The van der Waals surface area contributed by atoms with E-state index in [1.54, 1.807) is 17.7 Å². The molecule has 2 aromatic rings. The molecule has 122 valence electrons. The van der Waals surface area contributed by atoms with Crippen LogP contribution in [0.3, 0.4) is 0 Å². The molecule has 2 saturated heterocycles. The topological polar surface area (TPSA) is 69.6 Å². The highest BCUT2D eigenvalue weighted by Crippen LogP contribution is 2.32. The van der Waals surface area contributed by atoms with Crippen LogP contribution in [0.15, 0.2) is 17.8 Å². The molecule has 2 unspecified atom stereocenters. The fraction of sp³-hybridized carbons (Fsp3) is 0.562. The van der Waals surface area contributed by atoms with Crippen LogP contribution in [0.2, 0.25) is 0 Å². The molecule has 0 aliphatic carbocycles. The Hall–Kier alpha value is -1.73. The highest BCUT2D eigenvalue weighted by molar-refractivity contribution is 7.16. The molecule has 2 aromatic heterocycles. The minimum absolute atomic E-state index is 0.134. The molecule has 0 aromatic carbocycles. The second-order valence-electron chi connectivity index (χ2n) is 6.31. The first-order valence-corrected chi connectivity index (χ1v) is 9.00. The van der Waals surface area contributed by atoms with Gasteiger partial charge < -0.3 is 14.9 Å². The number of carbonyl (C=O) groups excluding carboxylic acids is 1. The molecule has 4 heterocycles. The van der Waals surface area contributed by atoms with Gasteiger partial charge in [0, 0.05) is 32.2 Å². The summed E-state index contributed by atoms with van der Waals surface area (Å²) in [5.74, 6) is 1.29. The molecule has 0 radical (unpaired) electrons. The summed E-state index contributed by atoms with van der Waals surface area (Å²) < 4.78 is 0. The van der Waals surface area contributed by atoms with Crippen molar-refractivity contribution in [1.82, 2.24) is 14.9 Å². The summed E-state index contributed by atoms with van der Waals surface area (Å²) in [7, 11) is 0. The highest BCUT2D eigenvalue weighted by Gasteiger charge is 2.37. The van der Waals surface area contributed by atoms with Crippen LogP contribution in [-0.2, 0) is 4.79 Å². The Kier molecular flexibility index (Phi) is 3.90. The van der Waals surface area contributed by atoms with Gasteiger partial charge in [-0.05, 0) is 30.7 Å². The molecule has 1 N–H and O–H groups in total. The van der Waals surface area contributed by atoms with Crippen LogP contribution >= 0.6 is 11.3 Å². The van der Waals surface area contributed by atoms with Crippen molar-refractivity contribution in [2.45, 2.75) is 25.3 Å². The van der Waals surface area contributed by atoms with E-state index in [1.807, 2.05) is 16.3 Å². The molecule has 2 atom stereocenters.